The molecule has 2 aromatic rings. The average Bonchev–Trinajstić information content (AvgIpc) is 2.68. The molecule has 0 saturated carbocycles. The van der Waals surface area contributed by atoms with Crippen LogP contribution in [-0.2, 0) is 21.4 Å². The maximum atomic E-state index is 12.7. The van der Waals surface area contributed by atoms with E-state index in [1.54, 1.807) is 36.4 Å². The first-order valence-corrected chi connectivity index (χ1v) is 11.1. The first kappa shape index (κ1) is 20.8. The molecule has 1 amide bonds. The Balaban J connectivity index is 1.47. The van der Waals surface area contributed by atoms with Crippen LogP contribution in [0.4, 0.5) is 0 Å². The third-order valence-corrected chi connectivity index (χ3v) is 7.07. The second kappa shape index (κ2) is 9.05. The highest BCUT2D eigenvalue weighted by atomic mass is 35.5. The maximum absolute atomic E-state index is 12.7. The topological polar surface area (TPSA) is 70.9 Å². The molecule has 0 aromatic heterocycles. The van der Waals surface area contributed by atoms with E-state index in [0.717, 1.165) is 16.0 Å². The molecule has 2 aromatic carbocycles. The monoisotopic (exact) mass is 422 g/mol. The summed E-state index contributed by atoms with van der Waals surface area (Å²) in [7, 11) is -3.47. The minimum atomic E-state index is -3.47. The Labute approximate surface area is 171 Å². The van der Waals surface area contributed by atoms with Gasteiger partial charge in [-0.05, 0) is 36.8 Å². The van der Waals surface area contributed by atoms with Gasteiger partial charge in [0.2, 0.25) is 10.0 Å². The van der Waals surface area contributed by atoms with Crippen molar-refractivity contribution in [1.82, 2.24) is 9.62 Å². The average molecular weight is 423 g/mol. The molecule has 28 heavy (non-hydrogen) atoms. The summed E-state index contributed by atoms with van der Waals surface area (Å²) in [4.78, 5) is 13.6. The number of rotatable bonds is 6. The van der Waals surface area contributed by atoms with E-state index in [0.29, 0.717) is 49.2 Å². The Hall–Kier alpha value is -1.93. The number of carbonyl (C=O) groups excluding carboxylic acids is 1. The van der Waals surface area contributed by atoms with Crippen molar-refractivity contribution in [3.63, 3.8) is 0 Å². The summed E-state index contributed by atoms with van der Waals surface area (Å²) in [5, 5.41) is 3.57. The second-order valence-electron chi connectivity index (χ2n) is 7.05. The smallest absolute Gasteiger partial charge is 0.275 e. The number of nitrogens with one attached hydrogen (secondary N) is 2. The molecular weight excluding hydrogens is 398 g/mol. The van der Waals surface area contributed by atoms with Crippen molar-refractivity contribution in [1.29, 1.82) is 0 Å². The number of halogens is 1. The van der Waals surface area contributed by atoms with Crippen LogP contribution in [0.5, 0.6) is 0 Å². The van der Waals surface area contributed by atoms with Gasteiger partial charge in [-0.15, -0.1) is 0 Å². The van der Waals surface area contributed by atoms with Crippen LogP contribution in [0, 0.1) is 6.92 Å². The van der Waals surface area contributed by atoms with E-state index in [4.69, 9.17) is 11.6 Å². The molecule has 0 atom stereocenters. The number of aryl methyl sites for hydroxylation is 1. The molecule has 1 saturated heterocycles. The lowest BCUT2D eigenvalue weighted by atomic mass is 10.2. The van der Waals surface area contributed by atoms with Crippen LogP contribution < -0.4 is 10.2 Å². The Morgan fingerprint density at radius 1 is 1.07 bits per heavy atom. The lowest BCUT2D eigenvalue weighted by Crippen LogP contribution is -3.15. The maximum Gasteiger partial charge on any atom is 0.275 e. The van der Waals surface area contributed by atoms with Crippen LogP contribution in [-0.4, -0.2) is 51.4 Å². The number of hydrogen-bond donors (Lipinski definition) is 2. The van der Waals surface area contributed by atoms with Gasteiger partial charge < -0.3 is 10.2 Å². The zero-order valence-corrected chi connectivity index (χ0v) is 17.4. The molecule has 1 heterocycles. The number of sulfonamides is 1. The molecule has 1 fully saturated rings. The van der Waals surface area contributed by atoms with Crippen LogP contribution >= 0.6 is 11.6 Å². The number of nitrogens with zero attached hydrogens (tertiary/aromatic N) is 1. The van der Waals surface area contributed by atoms with Gasteiger partial charge in [-0.1, -0.05) is 41.4 Å². The van der Waals surface area contributed by atoms with E-state index >= 15 is 0 Å². The first-order chi connectivity index (χ1) is 13.3. The van der Waals surface area contributed by atoms with E-state index in [1.165, 1.54) is 4.31 Å². The summed E-state index contributed by atoms with van der Waals surface area (Å²) >= 11 is 5.86. The van der Waals surface area contributed by atoms with Gasteiger partial charge in [0.1, 0.15) is 0 Å². The largest absolute Gasteiger partial charge is 0.347 e. The molecule has 8 heteroatoms. The Bertz CT molecular complexity index is 907. The molecule has 6 nitrogen and oxygen atoms in total. The van der Waals surface area contributed by atoms with Crippen LogP contribution in [0.2, 0.25) is 5.02 Å². The summed E-state index contributed by atoms with van der Waals surface area (Å²) in [5.41, 5.74) is 2.01. The van der Waals surface area contributed by atoms with Crippen molar-refractivity contribution in [2.45, 2.75) is 18.4 Å². The van der Waals surface area contributed by atoms with Gasteiger partial charge in [-0.2, -0.15) is 4.31 Å². The van der Waals surface area contributed by atoms with E-state index in [2.05, 4.69) is 5.32 Å². The summed E-state index contributed by atoms with van der Waals surface area (Å²) in [5.74, 6) is -0.0419. The predicted molar refractivity (Wildman–Crippen MR) is 109 cm³/mol. The van der Waals surface area contributed by atoms with Crippen LogP contribution in [0.15, 0.2) is 53.4 Å². The SMILES string of the molecule is Cc1ccc(S(=O)(=O)N2CC[NH+](CC(=O)NCc3ccc(Cl)cc3)CC2)cc1. The zero-order chi connectivity index (χ0) is 20.1. The number of hydrogen-bond acceptors (Lipinski definition) is 3. The Kier molecular flexibility index (Phi) is 6.72. The number of quaternary nitrogens is 1. The fourth-order valence-corrected chi connectivity index (χ4v) is 4.74. The third kappa shape index (κ3) is 5.32. The summed E-state index contributed by atoms with van der Waals surface area (Å²) in [6.45, 7) is 4.77. The van der Waals surface area contributed by atoms with Gasteiger partial charge in [0, 0.05) is 11.6 Å². The van der Waals surface area contributed by atoms with Crippen molar-refractivity contribution in [2.75, 3.05) is 32.7 Å². The molecule has 1 aliphatic heterocycles. The molecule has 0 aliphatic carbocycles. The number of amides is 1. The van der Waals surface area contributed by atoms with E-state index < -0.39 is 10.0 Å². The highest BCUT2D eigenvalue weighted by Crippen LogP contribution is 2.16. The molecule has 0 spiro atoms. The van der Waals surface area contributed by atoms with Crippen LogP contribution in [0.3, 0.4) is 0 Å². The second-order valence-corrected chi connectivity index (χ2v) is 9.42. The minimum absolute atomic E-state index is 0.0419. The molecule has 0 bridgehead atoms. The Morgan fingerprint density at radius 3 is 2.29 bits per heavy atom. The highest BCUT2D eigenvalue weighted by Gasteiger charge is 2.31. The number of carbonyl (C=O) groups is 1. The normalized spacial score (nSPS) is 16.1. The number of benzene rings is 2. The van der Waals surface area contributed by atoms with Crippen LogP contribution in [0.1, 0.15) is 11.1 Å². The van der Waals surface area contributed by atoms with Gasteiger partial charge in [0.05, 0.1) is 31.1 Å². The van der Waals surface area contributed by atoms with Gasteiger partial charge in [-0.25, -0.2) is 8.42 Å². The number of piperazine rings is 1. The first-order valence-electron chi connectivity index (χ1n) is 9.26. The van der Waals surface area contributed by atoms with Crippen molar-refractivity contribution in [3.05, 3.63) is 64.7 Å². The van der Waals surface area contributed by atoms with Crippen molar-refractivity contribution in [3.8, 4) is 0 Å². The predicted octanol–water partition coefficient (Wildman–Crippen LogP) is 0.854. The molecule has 0 unspecified atom stereocenters. The van der Waals surface area contributed by atoms with Gasteiger partial charge in [0.25, 0.3) is 5.91 Å². The van der Waals surface area contributed by atoms with Crippen molar-refractivity contribution in [2.24, 2.45) is 0 Å². The molecular formula is C20H25ClN3O3S+. The van der Waals surface area contributed by atoms with E-state index in [9.17, 15) is 13.2 Å². The minimum Gasteiger partial charge on any atom is -0.347 e. The zero-order valence-electron chi connectivity index (χ0n) is 15.8. The van der Waals surface area contributed by atoms with Crippen molar-refractivity contribution >= 4 is 27.5 Å². The molecule has 3 rings (SSSR count). The lowest BCUT2D eigenvalue weighted by Gasteiger charge is -2.31. The molecule has 150 valence electrons. The lowest BCUT2D eigenvalue weighted by molar-refractivity contribution is -0.895. The van der Waals surface area contributed by atoms with E-state index in [1.807, 2.05) is 19.1 Å². The fourth-order valence-electron chi connectivity index (χ4n) is 3.17. The summed E-state index contributed by atoms with van der Waals surface area (Å²) < 4.78 is 27.0. The molecule has 1 aliphatic rings. The van der Waals surface area contributed by atoms with E-state index in [-0.39, 0.29) is 5.91 Å². The summed E-state index contributed by atoms with van der Waals surface area (Å²) in [6.07, 6.45) is 0. The van der Waals surface area contributed by atoms with Gasteiger partial charge >= 0.3 is 0 Å². The fraction of sp³-hybridized carbons (Fsp3) is 0.350. The third-order valence-electron chi connectivity index (χ3n) is 4.90. The molecule has 2 N–H and O–H groups in total. The van der Waals surface area contributed by atoms with Gasteiger partial charge in [0.15, 0.2) is 6.54 Å². The summed E-state index contributed by atoms with van der Waals surface area (Å²) in [6, 6.07) is 14.2. The quantitative estimate of drug-likeness (QED) is 0.725. The highest BCUT2D eigenvalue weighted by molar-refractivity contribution is 7.89. The standard InChI is InChI=1S/C20H24ClN3O3S/c1-16-2-8-19(9-3-16)28(26,27)24-12-10-23(11-13-24)15-20(25)22-14-17-4-6-18(21)7-5-17/h2-9H,10-15H2,1H3,(H,22,25)/p+1. The Morgan fingerprint density at radius 2 is 1.68 bits per heavy atom. The molecule has 0 radical (unpaired) electrons. The van der Waals surface area contributed by atoms with Crippen molar-refractivity contribution < 1.29 is 18.1 Å². The van der Waals surface area contributed by atoms with Crippen LogP contribution in [0.25, 0.3) is 0 Å². The van der Waals surface area contributed by atoms with Gasteiger partial charge in [-0.3, -0.25) is 4.79 Å².